The normalized spacial score (nSPS) is 20.2. The monoisotopic (exact) mass is 303 g/mol. The molecule has 0 saturated heterocycles. The summed E-state index contributed by atoms with van der Waals surface area (Å²) in [5.74, 6) is -0.224. The van der Waals surface area contributed by atoms with E-state index in [4.69, 9.17) is 9.47 Å². The van der Waals surface area contributed by atoms with Gasteiger partial charge in [0, 0.05) is 18.9 Å². The lowest BCUT2D eigenvalue weighted by Gasteiger charge is -2.28. The fraction of sp³-hybridized carbons (Fsp3) is 0.412. The number of alkyl carbamates (subject to hydrolysis) is 1. The van der Waals surface area contributed by atoms with Crippen molar-refractivity contribution in [2.45, 2.75) is 32.4 Å². The van der Waals surface area contributed by atoms with Crippen molar-refractivity contribution in [1.29, 1.82) is 0 Å². The molecule has 0 aliphatic heterocycles. The standard InChI is InChI=1S/C17H21NO4/c1-13(19)21-12-15-9-5-6-10-16(15)18-17(20)22-11-14-7-3-2-4-8-14/h2-8,15-16H,9-12H2,1H3,(H,18,20)/t15-,16+/m1/s1. The molecule has 0 bridgehead atoms. The molecule has 118 valence electrons. The Morgan fingerprint density at radius 2 is 1.86 bits per heavy atom. The molecule has 0 spiro atoms. The maximum Gasteiger partial charge on any atom is 0.407 e. The molecule has 1 aromatic carbocycles. The third-order valence-corrected chi connectivity index (χ3v) is 3.58. The smallest absolute Gasteiger partial charge is 0.407 e. The lowest BCUT2D eigenvalue weighted by molar-refractivity contribution is -0.142. The molecule has 1 aliphatic carbocycles. The molecule has 0 saturated carbocycles. The first-order chi connectivity index (χ1) is 10.6. The molecule has 1 amide bonds. The molecule has 2 rings (SSSR count). The first-order valence-corrected chi connectivity index (χ1v) is 7.40. The van der Waals surface area contributed by atoms with E-state index in [1.165, 1.54) is 6.92 Å². The van der Waals surface area contributed by atoms with E-state index >= 15 is 0 Å². The van der Waals surface area contributed by atoms with Crippen LogP contribution in [0.25, 0.3) is 0 Å². The van der Waals surface area contributed by atoms with E-state index in [0.717, 1.165) is 12.0 Å². The van der Waals surface area contributed by atoms with Crippen molar-refractivity contribution in [3.63, 3.8) is 0 Å². The third-order valence-electron chi connectivity index (χ3n) is 3.58. The summed E-state index contributed by atoms with van der Waals surface area (Å²) in [5, 5.41) is 2.86. The molecule has 1 aromatic rings. The highest BCUT2D eigenvalue weighted by Crippen LogP contribution is 2.20. The predicted octanol–water partition coefficient (Wildman–Crippen LogP) is 2.81. The molecule has 0 unspecified atom stereocenters. The first-order valence-electron chi connectivity index (χ1n) is 7.40. The molecule has 0 fully saturated rings. The van der Waals surface area contributed by atoms with Gasteiger partial charge in [-0.25, -0.2) is 4.79 Å². The fourth-order valence-electron chi connectivity index (χ4n) is 2.37. The van der Waals surface area contributed by atoms with Gasteiger partial charge in [0.05, 0.1) is 6.61 Å². The molecule has 0 heterocycles. The van der Waals surface area contributed by atoms with E-state index in [0.29, 0.717) is 13.0 Å². The second-order valence-electron chi connectivity index (χ2n) is 5.32. The lowest BCUT2D eigenvalue weighted by Crippen LogP contribution is -2.43. The highest BCUT2D eigenvalue weighted by atomic mass is 16.5. The van der Waals surface area contributed by atoms with Crippen molar-refractivity contribution in [3.8, 4) is 0 Å². The summed E-state index contributed by atoms with van der Waals surface area (Å²) in [6.07, 6.45) is 5.11. The van der Waals surface area contributed by atoms with E-state index in [2.05, 4.69) is 5.32 Å². The maximum absolute atomic E-state index is 11.9. The van der Waals surface area contributed by atoms with E-state index in [-0.39, 0.29) is 24.5 Å². The number of carbonyl (C=O) groups excluding carboxylic acids is 2. The SMILES string of the molecule is CC(=O)OC[C@H]1CC=CC[C@@H]1NC(=O)OCc1ccccc1. The predicted molar refractivity (Wildman–Crippen MR) is 82.0 cm³/mol. The number of nitrogens with one attached hydrogen (secondary N) is 1. The highest BCUT2D eigenvalue weighted by molar-refractivity contribution is 5.68. The van der Waals surface area contributed by atoms with Gasteiger partial charge in [-0.3, -0.25) is 4.79 Å². The molecule has 1 aliphatic rings. The highest BCUT2D eigenvalue weighted by Gasteiger charge is 2.25. The molecule has 5 heteroatoms. The van der Waals surface area contributed by atoms with Crippen molar-refractivity contribution >= 4 is 12.1 Å². The Bertz CT molecular complexity index is 527. The number of esters is 1. The lowest BCUT2D eigenvalue weighted by atomic mass is 9.90. The van der Waals surface area contributed by atoms with Gasteiger partial charge in [0.15, 0.2) is 0 Å². The number of allylic oxidation sites excluding steroid dienone is 1. The van der Waals surface area contributed by atoms with Gasteiger partial charge in [0.2, 0.25) is 0 Å². The summed E-state index contributed by atoms with van der Waals surface area (Å²) in [4.78, 5) is 22.8. The zero-order valence-electron chi connectivity index (χ0n) is 12.7. The van der Waals surface area contributed by atoms with E-state index in [9.17, 15) is 9.59 Å². The van der Waals surface area contributed by atoms with E-state index < -0.39 is 6.09 Å². The number of carbonyl (C=O) groups is 2. The summed E-state index contributed by atoms with van der Waals surface area (Å²) in [5.41, 5.74) is 0.942. The second-order valence-corrected chi connectivity index (χ2v) is 5.32. The molecular weight excluding hydrogens is 282 g/mol. The van der Waals surface area contributed by atoms with E-state index in [1.54, 1.807) is 0 Å². The molecule has 1 N–H and O–H groups in total. The van der Waals surface area contributed by atoms with Crippen molar-refractivity contribution in [1.82, 2.24) is 5.32 Å². The summed E-state index contributed by atoms with van der Waals surface area (Å²) in [6, 6.07) is 9.44. The van der Waals surface area contributed by atoms with Gasteiger partial charge in [0.1, 0.15) is 6.61 Å². The summed E-state index contributed by atoms with van der Waals surface area (Å²) in [6.45, 7) is 1.93. The van der Waals surface area contributed by atoms with Crippen LogP contribution in [0.15, 0.2) is 42.5 Å². The van der Waals surface area contributed by atoms with Crippen LogP contribution in [0.5, 0.6) is 0 Å². The Labute approximate surface area is 130 Å². The molecule has 0 radical (unpaired) electrons. The number of ether oxygens (including phenoxy) is 2. The van der Waals surface area contributed by atoms with Crippen LogP contribution in [-0.2, 0) is 20.9 Å². The summed E-state index contributed by atoms with van der Waals surface area (Å²) < 4.78 is 10.3. The van der Waals surface area contributed by atoms with Crippen molar-refractivity contribution < 1.29 is 19.1 Å². The number of benzene rings is 1. The van der Waals surface area contributed by atoms with Gasteiger partial charge < -0.3 is 14.8 Å². The minimum absolute atomic E-state index is 0.0763. The van der Waals surface area contributed by atoms with Gasteiger partial charge in [-0.2, -0.15) is 0 Å². The Morgan fingerprint density at radius 1 is 1.14 bits per heavy atom. The topological polar surface area (TPSA) is 64.6 Å². The number of hydrogen-bond donors (Lipinski definition) is 1. The van der Waals surface area contributed by atoms with Gasteiger partial charge >= 0.3 is 12.1 Å². The Balaban J connectivity index is 1.80. The zero-order chi connectivity index (χ0) is 15.8. The van der Waals surface area contributed by atoms with Crippen LogP contribution >= 0.6 is 0 Å². The molecule has 5 nitrogen and oxygen atoms in total. The average Bonchev–Trinajstić information content (AvgIpc) is 2.53. The van der Waals surface area contributed by atoms with Crippen LogP contribution in [0.3, 0.4) is 0 Å². The molecular formula is C17H21NO4. The minimum atomic E-state index is -0.447. The Morgan fingerprint density at radius 3 is 2.59 bits per heavy atom. The summed E-state index contributed by atoms with van der Waals surface area (Å²) >= 11 is 0. The molecule has 2 atom stereocenters. The first kappa shape index (κ1) is 16.1. The van der Waals surface area contributed by atoms with Crippen LogP contribution in [0.2, 0.25) is 0 Å². The van der Waals surface area contributed by atoms with Crippen LogP contribution < -0.4 is 5.32 Å². The zero-order valence-corrected chi connectivity index (χ0v) is 12.7. The Kier molecular flexibility index (Phi) is 6.01. The van der Waals surface area contributed by atoms with Crippen LogP contribution in [0.1, 0.15) is 25.3 Å². The average molecular weight is 303 g/mol. The minimum Gasteiger partial charge on any atom is -0.465 e. The van der Waals surface area contributed by atoms with Gasteiger partial charge in [-0.05, 0) is 18.4 Å². The quantitative estimate of drug-likeness (QED) is 0.671. The van der Waals surface area contributed by atoms with Crippen LogP contribution in [0.4, 0.5) is 4.79 Å². The van der Waals surface area contributed by atoms with Crippen molar-refractivity contribution in [2.24, 2.45) is 5.92 Å². The summed E-state index contributed by atoms with van der Waals surface area (Å²) in [7, 11) is 0. The van der Waals surface area contributed by atoms with E-state index in [1.807, 2.05) is 42.5 Å². The van der Waals surface area contributed by atoms with Gasteiger partial charge in [-0.1, -0.05) is 42.5 Å². The second kappa shape index (κ2) is 8.22. The largest absolute Gasteiger partial charge is 0.465 e. The maximum atomic E-state index is 11.9. The van der Waals surface area contributed by atoms with Crippen molar-refractivity contribution in [3.05, 3.63) is 48.0 Å². The fourth-order valence-corrected chi connectivity index (χ4v) is 2.37. The third kappa shape index (κ3) is 5.24. The van der Waals surface area contributed by atoms with Gasteiger partial charge in [0.25, 0.3) is 0 Å². The molecule has 22 heavy (non-hydrogen) atoms. The molecule has 0 aromatic heterocycles. The van der Waals surface area contributed by atoms with Crippen molar-refractivity contribution in [2.75, 3.05) is 6.61 Å². The van der Waals surface area contributed by atoms with Crippen LogP contribution in [-0.4, -0.2) is 24.7 Å². The number of hydrogen-bond acceptors (Lipinski definition) is 4. The number of amides is 1. The van der Waals surface area contributed by atoms with Crippen LogP contribution in [0, 0.1) is 5.92 Å². The number of rotatable bonds is 5. The van der Waals surface area contributed by atoms with Gasteiger partial charge in [-0.15, -0.1) is 0 Å². The Hall–Kier alpha value is -2.30.